The number of ether oxygens (including phenoxy) is 2. The van der Waals surface area contributed by atoms with Gasteiger partial charge in [-0.15, -0.1) is 0 Å². The number of alkyl halides is 3. The average molecular weight is 478 g/mol. The van der Waals surface area contributed by atoms with Crippen molar-refractivity contribution in [3.8, 4) is 5.75 Å². The van der Waals surface area contributed by atoms with Gasteiger partial charge in [0.2, 0.25) is 0 Å². The van der Waals surface area contributed by atoms with E-state index in [1.165, 1.54) is 0 Å². The van der Waals surface area contributed by atoms with Gasteiger partial charge in [0, 0.05) is 12.4 Å². The van der Waals surface area contributed by atoms with Crippen LogP contribution in [0.5, 0.6) is 5.75 Å². The first-order chi connectivity index (χ1) is 16.1. The minimum absolute atomic E-state index is 0.0537. The molecule has 0 aliphatic rings. The Morgan fingerprint density at radius 1 is 1.06 bits per heavy atom. The summed E-state index contributed by atoms with van der Waals surface area (Å²) < 4.78 is 64.7. The summed E-state index contributed by atoms with van der Waals surface area (Å²) in [5.74, 6) is -1.26. The second-order valence-corrected chi connectivity index (χ2v) is 8.21. The molecular formula is C25H26F4N2O3. The summed E-state index contributed by atoms with van der Waals surface area (Å²) in [6, 6.07) is 10.8. The van der Waals surface area contributed by atoms with Crippen molar-refractivity contribution in [2.75, 3.05) is 12.4 Å². The molecule has 1 atom stereocenters. The Kier molecular flexibility index (Phi) is 7.86. The van der Waals surface area contributed by atoms with Crippen molar-refractivity contribution in [1.29, 1.82) is 0 Å². The van der Waals surface area contributed by atoms with Crippen molar-refractivity contribution in [3.05, 3.63) is 83.4 Å². The molecule has 0 aliphatic heterocycles. The molecule has 0 aliphatic carbocycles. The van der Waals surface area contributed by atoms with Crippen LogP contribution in [0.4, 0.5) is 23.2 Å². The lowest BCUT2D eigenvalue weighted by Gasteiger charge is -2.22. The van der Waals surface area contributed by atoms with Gasteiger partial charge in [0.1, 0.15) is 17.6 Å². The molecule has 0 spiro atoms. The van der Waals surface area contributed by atoms with Gasteiger partial charge in [-0.25, -0.2) is 9.18 Å². The molecule has 5 nitrogen and oxygen atoms in total. The van der Waals surface area contributed by atoms with E-state index in [4.69, 9.17) is 9.47 Å². The number of anilines is 1. The van der Waals surface area contributed by atoms with Gasteiger partial charge in [0.05, 0.1) is 18.4 Å². The van der Waals surface area contributed by atoms with Crippen LogP contribution in [0.15, 0.2) is 60.9 Å². The molecule has 0 saturated carbocycles. The molecule has 0 bridgehead atoms. The fraction of sp³-hybridized carbons (Fsp3) is 0.320. The SMILES string of the molecule is COc1ccc(Cc2ccn(COC(=O)C(Nc3ccc(C(F)(F)F)cc3F)C(C)C)c2)cc1. The number of esters is 1. The molecule has 0 radical (unpaired) electrons. The Bertz CT molecular complexity index is 1110. The number of carbonyl (C=O) groups excluding carboxylic acids is 1. The van der Waals surface area contributed by atoms with Crippen LogP contribution in [0.25, 0.3) is 0 Å². The number of nitrogens with one attached hydrogen (secondary N) is 1. The molecule has 0 fully saturated rings. The summed E-state index contributed by atoms with van der Waals surface area (Å²) in [4.78, 5) is 12.6. The quantitative estimate of drug-likeness (QED) is 0.308. The van der Waals surface area contributed by atoms with Crippen LogP contribution < -0.4 is 10.1 Å². The monoisotopic (exact) mass is 478 g/mol. The van der Waals surface area contributed by atoms with Crippen LogP contribution in [0, 0.1) is 11.7 Å². The highest BCUT2D eigenvalue weighted by atomic mass is 19.4. The van der Waals surface area contributed by atoms with Gasteiger partial charge in [0.15, 0.2) is 6.73 Å². The van der Waals surface area contributed by atoms with E-state index in [2.05, 4.69) is 5.32 Å². The second-order valence-electron chi connectivity index (χ2n) is 8.21. The summed E-state index contributed by atoms with van der Waals surface area (Å²) in [6.07, 6.45) is -0.336. The predicted molar refractivity (Wildman–Crippen MR) is 120 cm³/mol. The van der Waals surface area contributed by atoms with Gasteiger partial charge in [0.25, 0.3) is 0 Å². The fourth-order valence-corrected chi connectivity index (χ4v) is 3.36. The van der Waals surface area contributed by atoms with E-state index in [0.717, 1.165) is 29.0 Å². The van der Waals surface area contributed by atoms with Crippen LogP contribution >= 0.6 is 0 Å². The zero-order valence-corrected chi connectivity index (χ0v) is 19.0. The number of nitrogens with zero attached hydrogens (tertiary/aromatic N) is 1. The topological polar surface area (TPSA) is 52.5 Å². The van der Waals surface area contributed by atoms with Gasteiger partial charge in [-0.3, -0.25) is 0 Å². The van der Waals surface area contributed by atoms with E-state index in [1.807, 2.05) is 36.5 Å². The van der Waals surface area contributed by atoms with Gasteiger partial charge >= 0.3 is 12.1 Å². The van der Waals surface area contributed by atoms with Crippen LogP contribution in [-0.2, 0) is 28.9 Å². The Morgan fingerprint density at radius 3 is 2.35 bits per heavy atom. The highest BCUT2D eigenvalue weighted by Gasteiger charge is 2.32. The maximum atomic E-state index is 14.2. The third-order valence-electron chi connectivity index (χ3n) is 5.26. The van der Waals surface area contributed by atoms with Crippen molar-refractivity contribution in [3.63, 3.8) is 0 Å². The van der Waals surface area contributed by atoms with Crippen LogP contribution in [-0.4, -0.2) is 23.7 Å². The summed E-state index contributed by atoms with van der Waals surface area (Å²) in [5.41, 5.74) is 0.813. The highest BCUT2D eigenvalue weighted by Crippen LogP contribution is 2.31. The minimum Gasteiger partial charge on any atom is -0.497 e. The Morgan fingerprint density at radius 2 is 1.76 bits per heavy atom. The van der Waals surface area contributed by atoms with Crippen molar-refractivity contribution >= 4 is 11.7 Å². The van der Waals surface area contributed by atoms with E-state index in [-0.39, 0.29) is 18.3 Å². The molecule has 34 heavy (non-hydrogen) atoms. The molecule has 3 rings (SSSR count). The predicted octanol–water partition coefficient (Wildman–Crippen LogP) is 5.88. The van der Waals surface area contributed by atoms with E-state index >= 15 is 0 Å². The standard InChI is InChI=1S/C25H26F4N2O3/c1-16(2)23(30-22-9-6-19(13-21(22)26)25(27,28)29)24(32)34-15-31-11-10-18(14-31)12-17-4-7-20(33-3)8-5-17/h4-11,13-14,16,23,30H,12,15H2,1-3H3. The Hall–Kier alpha value is -3.49. The number of rotatable bonds is 9. The van der Waals surface area contributed by atoms with E-state index in [1.54, 1.807) is 31.7 Å². The molecular weight excluding hydrogens is 452 g/mol. The lowest BCUT2D eigenvalue weighted by molar-refractivity contribution is -0.149. The van der Waals surface area contributed by atoms with E-state index in [0.29, 0.717) is 12.5 Å². The zero-order valence-electron chi connectivity index (χ0n) is 19.0. The van der Waals surface area contributed by atoms with Gasteiger partial charge in [-0.1, -0.05) is 26.0 Å². The molecule has 0 saturated heterocycles. The van der Waals surface area contributed by atoms with Crippen molar-refractivity contribution in [2.45, 2.75) is 39.2 Å². The smallest absolute Gasteiger partial charge is 0.416 e. The third kappa shape index (κ3) is 6.52. The average Bonchev–Trinajstić information content (AvgIpc) is 3.23. The van der Waals surface area contributed by atoms with Gasteiger partial charge < -0.3 is 19.4 Å². The van der Waals surface area contributed by atoms with Gasteiger partial charge in [-0.05, 0) is 59.9 Å². The van der Waals surface area contributed by atoms with E-state index < -0.39 is 29.6 Å². The summed E-state index contributed by atoms with van der Waals surface area (Å²) in [5, 5.41) is 2.67. The van der Waals surface area contributed by atoms with Crippen molar-refractivity contribution in [2.24, 2.45) is 5.92 Å². The first-order valence-corrected chi connectivity index (χ1v) is 10.6. The van der Waals surface area contributed by atoms with Gasteiger partial charge in [-0.2, -0.15) is 13.2 Å². The summed E-state index contributed by atoms with van der Waals surface area (Å²) >= 11 is 0. The second kappa shape index (κ2) is 10.6. The largest absolute Gasteiger partial charge is 0.497 e. The van der Waals surface area contributed by atoms with Crippen molar-refractivity contribution < 1.29 is 31.8 Å². The Labute approximate surface area is 195 Å². The first-order valence-electron chi connectivity index (χ1n) is 10.6. The third-order valence-corrected chi connectivity index (χ3v) is 5.26. The molecule has 1 aromatic heterocycles. The highest BCUT2D eigenvalue weighted by molar-refractivity contribution is 5.79. The normalized spacial score (nSPS) is 12.5. The minimum atomic E-state index is -4.65. The molecule has 1 unspecified atom stereocenters. The van der Waals surface area contributed by atoms with Crippen LogP contribution in [0.1, 0.15) is 30.5 Å². The Balaban J connectivity index is 1.60. The van der Waals surface area contributed by atoms with Crippen LogP contribution in [0.2, 0.25) is 0 Å². The van der Waals surface area contributed by atoms with Crippen molar-refractivity contribution in [1.82, 2.24) is 4.57 Å². The maximum Gasteiger partial charge on any atom is 0.416 e. The molecule has 0 amide bonds. The summed E-state index contributed by atoms with van der Waals surface area (Å²) in [6.45, 7) is 3.40. The maximum absolute atomic E-state index is 14.2. The molecule has 1 N–H and O–H groups in total. The zero-order chi connectivity index (χ0) is 24.9. The number of hydrogen-bond acceptors (Lipinski definition) is 4. The fourth-order valence-electron chi connectivity index (χ4n) is 3.36. The molecule has 182 valence electrons. The molecule has 2 aromatic carbocycles. The van der Waals surface area contributed by atoms with E-state index in [9.17, 15) is 22.4 Å². The number of aromatic nitrogens is 1. The lowest BCUT2D eigenvalue weighted by atomic mass is 10.0. The molecule has 3 aromatic rings. The summed E-state index contributed by atoms with van der Waals surface area (Å²) in [7, 11) is 1.61. The molecule has 9 heteroatoms. The number of carbonyl (C=O) groups is 1. The lowest BCUT2D eigenvalue weighted by Crippen LogP contribution is -2.36. The number of methoxy groups -OCH3 is 1. The van der Waals surface area contributed by atoms with Crippen LogP contribution in [0.3, 0.4) is 0 Å². The molecule has 1 heterocycles. The number of benzene rings is 2. The first kappa shape index (κ1) is 25.1. The number of hydrogen-bond donors (Lipinski definition) is 1. The number of halogens is 4.